The number of halogens is 2. The van der Waals surface area contributed by atoms with E-state index in [1.165, 1.54) is 12.1 Å². The van der Waals surface area contributed by atoms with Gasteiger partial charge in [0.2, 0.25) is 0 Å². The lowest BCUT2D eigenvalue weighted by atomic mass is 10.1. The Kier molecular flexibility index (Phi) is 5.12. The van der Waals surface area contributed by atoms with Gasteiger partial charge in [0, 0.05) is 20.6 Å². The van der Waals surface area contributed by atoms with Crippen molar-refractivity contribution in [3.8, 4) is 0 Å². The summed E-state index contributed by atoms with van der Waals surface area (Å²) in [5, 5.41) is 11.0. The first-order chi connectivity index (χ1) is 10.6. The van der Waals surface area contributed by atoms with Crippen molar-refractivity contribution in [1.82, 2.24) is 0 Å². The first-order valence-corrected chi connectivity index (χ1v) is 9.42. The summed E-state index contributed by atoms with van der Waals surface area (Å²) >= 11 is 6.43. The zero-order valence-corrected chi connectivity index (χ0v) is 16.1. The monoisotopic (exact) mass is 462 g/mol. The number of aryl methyl sites for hydroxylation is 2. The summed E-state index contributed by atoms with van der Waals surface area (Å²) in [6.45, 7) is 3.29. The highest BCUT2D eigenvalue weighted by Crippen LogP contribution is 2.31. The van der Waals surface area contributed by atoms with Gasteiger partial charge in [-0.15, -0.1) is 0 Å². The molecule has 2 aromatic rings. The number of benzene rings is 2. The van der Waals surface area contributed by atoms with Crippen LogP contribution in [0.5, 0.6) is 0 Å². The third-order valence-corrected chi connectivity index (χ3v) is 6.02. The summed E-state index contributed by atoms with van der Waals surface area (Å²) in [6.07, 6.45) is 0. The minimum atomic E-state index is -3.89. The minimum absolute atomic E-state index is 0.0366. The minimum Gasteiger partial charge on any atom is -0.279 e. The van der Waals surface area contributed by atoms with Crippen LogP contribution in [0.1, 0.15) is 11.1 Å². The zero-order valence-electron chi connectivity index (χ0n) is 12.1. The summed E-state index contributed by atoms with van der Waals surface area (Å²) in [7, 11) is -3.89. The zero-order chi connectivity index (χ0) is 17.4. The van der Waals surface area contributed by atoms with Gasteiger partial charge in [0.1, 0.15) is 4.90 Å². The van der Waals surface area contributed by atoms with Crippen LogP contribution in [0.2, 0.25) is 0 Å². The normalized spacial score (nSPS) is 11.3. The molecule has 0 unspecified atom stereocenters. The SMILES string of the molecule is Cc1cc(C)c([N+](=O)[O-])cc1NS(=O)(=O)c1cc(Br)ccc1Br. The standard InChI is InChI=1S/C14H12Br2N2O4S/c1-8-5-9(2)13(18(19)20)7-12(8)17-23(21,22)14-6-10(15)3-4-11(14)16/h3-7,17H,1-2H3. The van der Waals surface area contributed by atoms with Crippen LogP contribution in [0.3, 0.4) is 0 Å². The Morgan fingerprint density at radius 3 is 2.35 bits per heavy atom. The molecule has 0 aliphatic carbocycles. The van der Waals surface area contributed by atoms with E-state index in [9.17, 15) is 18.5 Å². The first kappa shape index (κ1) is 17.9. The highest BCUT2D eigenvalue weighted by molar-refractivity contribution is 9.11. The molecule has 0 saturated carbocycles. The van der Waals surface area contributed by atoms with Gasteiger partial charge in [-0.3, -0.25) is 14.8 Å². The maximum Gasteiger partial charge on any atom is 0.274 e. The van der Waals surface area contributed by atoms with Crippen LogP contribution < -0.4 is 4.72 Å². The Bertz CT molecular complexity index is 898. The fourth-order valence-electron chi connectivity index (χ4n) is 2.03. The molecule has 0 aliphatic rings. The largest absolute Gasteiger partial charge is 0.279 e. The quantitative estimate of drug-likeness (QED) is 0.532. The van der Waals surface area contributed by atoms with E-state index in [4.69, 9.17) is 0 Å². The highest BCUT2D eigenvalue weighted by Gasteiger charge is 2.21. The lowest BCUT2D eigenvalue weighted by molar-refractivity contribution is -0.385. The molecule has 0 aliphatic heterocycles. The predicted octanol–water partition coefficient (Wildman–Crippen LogP) is 4.54. The summed E-state index contributed by atoms with van der Waals surface area (Å²) in [5.74, 6) is 0. The van der Waals surface area contributed by atoms with E-state index in [0.29, 0.717) is 20.1 Å². The van der Waals surface area contributed by atoms with Crippen LogP contribution in [0.25, 0.3) is 0 Å². The Balaban J connectivity index is 2.51. The third kappa shape index (κ3) is 3.91. The molecule has 9 heteroatoms. The van der Waals surface area contributed by atoms with E-state index in [1.54, 1.807) is 32.0 Å². The van der Waals surface area contributed by atoms with Gasteiger partial charge in [-0.25, -0.2) is 8.42 Å². The van der Waals surface area contributed by atoms with Crippen molar-refractivity contribution in [2.75, 3.05) is 4.72 Å². The van der Waals surface area contributed by atoms with Gasteiger partial charge in [0.25, 0.3) is 15.7 Å². The molecule has 0 amide bonds. The summed E-state index contributed by atoms with van der Waals surface area (Å²) < 4.78 is 28.5. The van der Waals surface area contributed by atoms with Gasteiger partial charge in [0.15, 0.2) is 0 Å². The first-order valence-electron chi connectivity index (χ1n) is 6.35. The molecule has 0 atom stereocenters. The molecule has 2 rings (SSSR count). The number of rotatable bonds is 4. The number of nitro groups is 1. The number of nitro benzene ring substituents is 1. The third-order valence-electron chi connectivity index (χ3n) is 3.17. The fourth-order valence-corrected chi connectivity index (χ4v) is 4.66. The molecule has 0 spiro atoms. The Morgan fingerprint density at radius 2 is 1.74 bits per heavy atom. The average Bonchev–Trinajstić information content (AvgIpc) is 2.43. The van der Waals surface area contributed by atoms with Crippen molar-refractivity contribution < 1.29 is 13.3 Å². The Labute approximate surface area is 150 Å². The molecule has 0 radical (unpaired) electrons. The van der Waals surface area contributed by atoms with Crippen molar-refractivity contribution in [3.05, 3.63) is 60.5 Å². The number of nitrogens with one attached hydrogen (secondary N) is 1. The second-order valence-corrected chi connectivity index (χ2v) is 8.31. The highest BCUT2D eigenvalue weighted by atomic mass is 79.9. The van der Waals surface area contributed by atoms with E-state index in [1.807, 2.05) is 0 Å². The van der Waals surface area contributed by atoms with Crippen LogP contribution in [0.15, 0.2) is 44.2 Å². The molecule has 0 fully saturated rings. The molecule has 2 aromatic carbocycles. The van der Waals surface area contributed by atoms with Gasteiger partial charge in [-0.2, -0.15) is 0 Å². The van der Waals surface area contributed by atoms with Crippen molar-refractivity contribution in [2.45, 2.75) is 18.7 Å². The smallest absolute Gasteiger partial charge is 0.274 e. The molecule has 0 aromatic heterocycles. The summed E-state index contributed by atoms with van der Waals surface area (Å²) in [5.41, 5.74) is 1.11. The van der Waals surface area contributed by atoms with Crippen LogP contribution in [0, 0.1) is 24.0 Å². The van der Waals surface area contributed by atoms with E-state index in [0.717, 1.165) is 0 Å². The van der Waals surface area contributed by atoms with Crippen molar-refractivity contribution in [3.63, 3.8) is 0 Å². The molecule has 1 N–H and O–H groups in total. The molecule has 0 heterocycles. The van der Waals surface area contributed by atoms with E-state index in [-0.39, 0.29) is 16.3 Å². The van der Waals surface area contributed by atoms with Crippen molar-refractivity contribution in [1.29, 1.82) is 0 Å². The molecule has 23 heavy (non-hydrogen) atoms. The lowest BCUT2D eigenvalue weighted by Crippen LogP contribution is -2.15. The Hall–Kier alpha value is -1.45. The van der Waals surface area contributed by atoms with Crippen LogP contribution in [0.4, 0.5) is 11.4 Å². The van der Waals surface area contributed by atoms with Crippen molar-refractivity contribution >= 4 is 53.3 Å². The van der Waals surface area contributed by atoms with Gasteiger partial charge < -0.3 is 0 Å². The van der Waals surface area contributed by atoms with Crippen LogP contribution in [-0.2, 0) is 10.0 Å². The molecule has 122 valence electrons. The summed E-state index contributed by atoms with van der Waals surface area (Å²) in [4.78, 5) is 10.5. The number of sulfonamides is 1. The maximum absolute atomic E-state index is 12.6. The number of hydrogen-bond donors (Lipinski definition) is 1. The van der Waals surface area contributed by atoms with Gasteiger partial charge in [-0.1, -0.05) is 15.9 Å². The van der Waals surface area contributed by atoms with Crippen molar-refractivity contribution in [2.24, 2.45) is 0 Å². The lowest BCUT2D eigenvalue weighted by Gasteiger charge is -2.13. The molecule has 0 bridgehead atoms. The fraction of sp³-hybridized carbons (Fsp3) is 0.143. The summed E-state index contributed by atoms with van der Waals surface area (Å²) in [6, 6.07) is 7.55. The average molecular weight is 464 g/mol. The molecule has 6 nitrogen and oxygen atoms in total. The van der Waals surface area contributed by atoms with E-state index >= 15 is 0 Å². The second-order valence-electron chi connectivity index (χ2n) is 4.89. The van der Waals surface area contributed by atoms with Gasteiger partial charge >= 0.3 is 0 Å². The second kappa shape index (κ2) is 6.58. The topological polar surface area (TPSA) is 89.3 Å². The van der Waals surface area contributed by atoms with Gasteiger partial charge in [-0.05, 0) is 59.6 Å². The maximum atomic E-state index is 12.6. The number of hydrogen-bond acceptors (Lipinski definition) is 4. The predicted molar refractivity (Wildman–Crippen MR) is 95.2 cm³/mol. The van der Waals surface area contributed by atoms with Crippen LogP contribution in [-0.4, -0.2) is 13.3 Å². The Morgan fingerprint density at radius 1 is 1.09 bits per heavy atom. The van der Waals surface area contributed by atoms with E-state index in [2.05, 4.69) is 36.6 Å². The number of anilines is 1. The molecular formula is C14H12Br2N2O4S. The van der Waals surface area contributed by atoms with E-state index < -0.39 is 14.9 Å². The van der Waals surface area contributed by atoms with Gasteiger partial charge in [0.05, 0.1) is 10.6 Å². The van der Waals surface area contributed by atoms with Crippen LogP contribution >= 0.6 is 31.9 Å². The molecular weight excluding hydrogens is 452 g/mol. The number of nitrogens with zero attached hydrogens (tertiary/aromatic N) is 1. The molecule has 0 saturated heterocycles.